The molecule has 1 amide bonds. The number of carbonyl (C=O) groups excluding carboxylic acids is 1. The van der Waals surface area contributed by atoms with Crippen molar-refractivity contribution in [1.29, 1.82) is 0 Å². The van der Waals surface area contributed by atoms with Gasteiger partial charge < -0.3 is 15.5 Å². The molecule has 0 spiro atoms. The van der Waals surface area contributed by atoms with Crippen LogP contribution in [0.3, 0.4) is 0 Å². The third-order valence-electron chi connectivity index (χ3n) is 2.11. The number of aliphatic hydroxyl groups is 1. The first-order valence-electron chi connectivity index (χ1n) is 4.96. The number of amides is 1. The SMILES string of the molecule is O=C(NCC[C@H](O)C(=O)O)c1ccccc1Cl. The zero-order valence-corrected chi connectivity index (χ0v) is 9.65. The number of nitrogens with one attached hydrogen (secondary N) is 1. The van der Waals surface area contributed by atoms with Gasteiger partial charge in [0, 0.05) is 13.0 Å². The Morgan fingerprint density at radius 3 is 2.59 bits per heavy atom. The Kier molecular flexibility index (Phi) is 4.93. The molecule has 0 aliphatic carbocycles. The molecule has 3 N–H and O–H groups in total. The Bertz CT molecular complexity index is 422. The Balaban J connectivity index is 2.46. The fourth-order valence-corrected chi connectivity index (χ4v) is 1.41. The van der Waals surface area contributed by atoms with E-state index in [9.17, 15) is 9.59 Å². The summed E-state index contributed by atoms with van der Waals surface area (Å²) in [5, 5.41) is 20.2. The average molecular weight is 258 g/mol. The molecule has 0 aromatic heterocycles. The molecule has 1 aromatic rings. The Morgan fingerprint density at radius 2 is 2.00 bits per heavy atom. The summed E-state index contributed by atoms with van der Waals surface area (Å²) in [7, 11) is 0. The van der Waals surface area contributed by atoms with E-state index < -0.39 is 18.0 Å². The molecule has 1 atom stereocenters. The van der Waals surface area contributed by atoms with E-state index in [2.05, 4.69) is 5.32 Å². The predicted octanol–water partition coefficient (Wildman–Crippen LogP) is 0.905. The first-order valence-corrected chi connectivity index (χ1v) is 5.33. The second-order valence-corrected chi connectivity index (χ2v) is 3.79. The van der Waals surface area contributed by atoms with Crippen LogP contribution in [0.1, 0.15) is 16.8 Å². The summed E-state index contributed by atoms with van der Waals surface area (Å²) in [6.45, 7) is 0.0670. The van der Waals surface area contributed by atoms with E-state index >= 15 is 0 Å². The highest BCUT2D eigenvalue weighted by molar-refractivity contribution is 6.33. The maximum Gasteiger partial charge on any atom is 0.332 e. The molecule has 92 valence electrons. The third kappa shape index (κ3) is 4.05. The number of hydrogen-bond acceptors (Lipinski definition) is 3. The molecule has 5 nitrogen and oxygen atoms in total. The molecular weight excluding hydrogens is 246 g/mol. The molecule has 0 saturated carbocycles. The molecule has 0 aliphatic rings. The summed E-state index contributed by atoms with van der Waals surface area (Å²) in [6.07, 6.45) is -1.52. The van der Waals surface area contributed by atoms with Gasteiger partial charge in [0.05, 0.1) is 10.6 Å². The molecule has 0 unspecified atom stereocenters. The highest BCUT2D eigenvalue weighted by Crippen LogP contribution is 2.14. The van der Waals surface area contributed by atoms with Gasteiger partial charge in [0.15, 0.2) is 6.10 Å². The van der Waals surface area contributed by atoms with Crippen LogP contribution < -0.4 is 5.32 Å². The van der Waals surface area contributed by atoms with Crippen molar-refractivity contribution in [2.75, 3.05) is 6.54 Å². The van der Waals surface area contributed by atoms with E-state index in [4.69, 9.17) is 21.8 Å². The average Bonchev–Trinajstić information content (AvgIpc) is 2.29. The molecule has 0 fully saturated rings. The van der Waals surface area contributed by atoms with Crippen LogP contribution in [-0.4, -0.2) is 34.7 Å². The van der Waals surface area contributed by atoms with E-state index in [0.717, 1.165) is 0 Å². The maximum absolute atomic E-state index is 11.6. The number of carbonyl (C=O) groups is 2. The molecule has 0 bridgehead atoms. The molecule has 0 aliphatic heterocycles. The van der Waals surface area contributed by atoms with Gasteiger partial charge in [0.2, 0.25) is 0 Å². The van der Waals surface area contributed by atoms with Crippen molar-refractivity contribution in [2.24, 2.45) is 0 Å². The first-order chi connectivity index (χ1) is 8.02. The maximum atomic E-state index is 11.6. The Morgan fingerprint density at radius 1 is 1.35 bits per heavy atom. The topological polar surface area (TPSA) is 86.6 Å². The number of hydrogen-bond donors (Lipinski definition) is 3. The van der Waals surface area contributed by atoms with Gasteiger partial charge in [-0.05, 0) is 12.1 Å². The standard InChI is InChI=1S/C11H12ClNO4/c12-8-4-2-1-3-7(8)10(15)13-6-5-9(14)11(16)17/h1-4,9,14H,5-6H2,(H,13,15)(H,16,17)/t9-/m0/s1. The van der Waals surface area contributed by atoms with Crippen molar-refractivity contribution in [3.63, 3.8) is 0 Å². The van der Waals surface area contributed by atoms with Crippen LogP contribution in [0.2, 0.25) is 5.02 Å². The van der Waals surface area contributed by atoms with Gasteiger partial charge in [-0.1, -0.05) is 23.7 Å². The molecule has 0 saturated heterocycles. The monoisotopic (exact) mass is 257 g/mol. The number of rotatable bonds is 5. The van der Waals surface area contributed by atoms with Gasteiger partial charge in [-0.15, -0.1) is 0 Å². The fraction of sp³-hybridized carbons (Fsp3) is 0.273. The lowest BCUT2D eigenvalue weighted by Gasteiger charge is -2.08. The normalized spacial score (nSPS) is 11.9. The lowest BCUT2D eigenvalue weighted by Crippen LogP contribution is -2.30. The van der Waals surface area contributed by atoms with Crippen LogP contribution >= 0.6 is 11.6 Å². The summed E-state index contributed by atoms with van der Waals surface area (Å²) < 4.78 is 0. The quantitative estimate of drug-likeness (QED) is 0.732. The predicted molar refractivity (Wildman–Crippen MR) is 62.0 cm³/mol. The van der Waals surface area contributed by atoms with E-state index in [-0.39, 0.29) is 13.0 Å². The molecule has 1 rings (SSSR count). The second-order valence-electron chi connectivity index (χ2n) is 3.38. The van der Waals surface area contributed by atoms with Gasteiger partial charge in [-0.2, -0.15) is 0 Å². The zero-order chi connectivity index (χ0) is 12.8. The van der Waals surface area contributed by atoms with E-state index in [1.165, 1.54) is 0 Å². The van der Waals surface area contributed by atoms with Crippen LogP contribution in [0.4, 0.5) is 0 Å². The summed E-state index contributed by atoms with van der Waals surface area (Å²) in [5.41, 5.74) is 0.319. The highest BCUT2D eigenvalue weighted by Gasteiger charge is 2.14. The molecule has 0 heterocycles. The van der Waals surface area contributed by atoms with Crippen LogP contribution in [0, 0.1) is 0 Å². The van der Waals surface area contributed by atoms with Crippen LogP contribution in [0.5, 0.6) is 0 Å². The number of aliphatic hydroxyl groups excluding tert-OH is 1. The molecule has 6 heteroatoms. The zero-order valence-electron chi connectivity index (χ0n) is 8.89. The minimum absolute atomic E-state index is 0.0501. The van der Waals surface area contributed by atoms with Gasteiger partial charge in [0.1, 0.15) is 0 Å². The van der Waals surface area contributed by atoms with Crippen LogP contribution in [0.25, 0.3) is 0 Å². The number of halogens is 1. The van der Waals surface area contributed by atoms with E-state index in [1.807, 2.05) is 0 Å². The van der Waals surface area contributed by atoms with Crippen LogP contribution in [-0.2, 0) is 4.79 Å². The highest BCUT2D eigenvalue weighted by atomic mass is 35.5. The van der Waals surface area contributed by atoms with Crippen molar-refractivity contribution in [1.82, 2.24) is 5.32 Å². The van der Waals surface area contributed by atoms with Crippen molar-refractivity contribution < 1.29 is 19.8 Å². The number of benzene rings is 1. The largest absolute Gasteiger partial charge is 0.479 e. The first kappa shape index (κ1) is 13.5. The smallest absolute Gasteiger partial charge is 0.332 e. The fourth-order valence-electron chi connectivity index (χ4n) is 1.19. The summed E-state index contributed by atoms with van der Waals surface area (Å²) in [4.78, 5) is 21.9. The van der Waals surface area contributed by atoms with Crippen molar-refractivity contribution in [2.45, 2.75) is 12.5 Å². The van der Waals surface area contributed by atoms with Gasteiger partial charge in [0.25, 0.3) is 5.91 Å². The van der Waals surface area contributed by atoms with Gasteiger partial charge in [-0.25, -0.2) is 4.79 Å². The summed E-state index contributed by atoms with van der Waals surface area (Å²) >= 11 is 5.81. The van der Waals surface area contributed by atoms with Crippen molar-refractivity contribution in [3.05, 3.63) is 34.9 Å². The number of carboxylic acid groups (broad SMARTS) is 1. The number of carboxylic acids is 1. The van der Waals surface area contributed by atoms with Gasteiger partial charge in [-0.3, -0.25) is 4.79 Å². The van der Waals surface area contributed by atoms with Crippen molar-refractivity contribution >= 4 is 23.5 Å². The summed E-state index contributed by atoms with van der Waals surface area (Å²) in [6, 6.07) is 6.52. The molecule has 0 radical (unpaired) electrons. The van der Waals surface area contributed by atoms with E-state index in [1.54, 1.807) is 24.3 Å². The third-order valence-corrected chi connectivity index (χ3v) is 2.44. The summed E-state index contributed by atoms with van der Waals surface area (Å²) in [5.74, 6) is -1.70. The van der Waals surface area contributed by atoms with E-state index in [0.29, 0.717) is 10.6 Å². The minimum atomic E-state index is -1.47. The molecular formula is C11H12ClNO4. The lowest BCUT2D eigenvalue weighted by atomic mass is 10.2. The minimum Gasteiger partial charge on any atom is -0.479 e. The second kappa shape index (κ2) is 6.22. The Hall–Kier alpha value is -1.59. The van der Waals surface area contributed by atoms with Gasteiger partial charge >= 0.3 is 5.97 Å². The lowest BCUT2D eigenvalue weighted by molar-refractivity contribution is -0.146. The van der Waals surface area contributed by atoms with Crippen molar-refractivity contribution in [3.8, 4) is 0 Å². The van der Waals surface area contributed by atoms with Crippen LogP contribution in [0.15, 0.2) is 24.3 Å². The Labute approximate surface area is 103 Å². The molecule has 17 heavy (non-hydrogen) atoms. The number of aliphatic carboxylic acids is 1. The molecule has 1 aromatic carbocycles.